The van der Waals surface area contributed by atoms with Gasteiger partial charge in [-0.1, -0.05) is 240 Å². The van der Waals surface area contributed by atoms with Crippen molar-refractivity contribution in [3.8, 4) is 0 Å². The molecule has 0 spiro atoms. The van der Waals surface area contributed by atoms with E-state index in [1.165, 1.54) is 64.2 Å². The van der Waals surface area contributed by atoms with E-state index in [4.69, 9.17) is 37.0 Å². The second-order valence-corrected chi connectivity index (χ2v) is 27.0. The van der Waals surface area contributed by atoms with E-state index in [-0.39, 0.29) is 25.7 Å². The Balaban J connectivity index is 5.38. The van der Waals surface area contributed by atoms with E-state index in [1.54, 1.807) is 0 Å². The van der Waals surface area contributed by atoms with Gasteiger partial charge in [0.1, 0.15) is 19.3 Å². The average Bonchev–Trinajstić information content (AvgIpc) is 1.29. The molecule has 19 heteroatoms. The van der Waals surface area contributed by atoms with Crippen LogP contribution in [0.15, 0.2) is 97.2 Å². The lowest BCUT2D eigenvalue weighted by Crippen LogP contribution is -2.30. The van der Waals surface area contributed by atoms with E-state index < -0.39 is 97.5 Å². The van der Waals surface area contributed by atoms with Crippen molar-refractivity contribution in [2.24, 2.45) is 0 Å². The highest BCUT2D eigenvalue weighted by atomic mass is 31.2. The highest BCUT2D eigenvalue weighted by Crippen LogP contribution is 2.45. The molecule has 0 aromatic carbocycles. The third-order valence-corrected chi connectivity index (χ3v) is 16.9. The number of allylic oxidation sites excluding steroid dienone is 16. The number of ether oxygens (including phenoxy) is 4. The van der Waals surface area contributed by atoms with Crippen LogP contribution in [-0.2, 0) is 65.4 Å². The van der Waals surface area contributed by atoms with Gasteiger partial charge in [0.25, 0.3) is 0 Å². The van der Waals surface area contributed by atoms with Crippen LogP contribution in [0.4, 0.5) is 0 Å². The van der Waals surface area contributed by atoms with Gasteiger partial charge in [-0.2, -0.15) is 0 Å². The molecular formula is C75H130O17P2. The number of phosphoric acid groups is 2. The fourth-order valence-corrected chi connectivity index (χ4v) is 11.0. The lowest BCUT2D eigenvalue weighted by molar-refractivity contribution is -0.161. The Bertz CT molecular complexity index is 2170. The van der Waals surface area contributed by atoms with Crippen molar-refractivity contribution >= 4 is 39.5 Å². The van der Waals surface area contributed by atoms with E-state index >= 15 is 0 Å². The lowest BCUT2D eigenvalue weighted by atomic mass is 10.1. The van der Waals surface area contributed by atoms with E-state index in [0.717, 1.165) is 148 Å². The zero-order valence-electron chi connectivity index (χ0n) is 58.9. The summed E-state index contributed by atoms with van der Waals surface area (Å²) in [5.74, 6) is -2.27. The van der Waals surface area contributed by atoms with Gasteiger partial charge in [0, 0.05) is 25.7 Å². The highest BCUT2D eigenvalue weighted by Gasteiger charge is 2.30. The largest absolute Gasteiger partial charge is 0.472 e. The van der Waals surface area contributed by atoms with Crippen LogP contribution in [0.25, 0.3) is 0 Å². The molecule has 0 radical (unpaired) electrons. The number of hydrogen-bond acceptors (Lipinski definition) is 15. The summed E-state index contributed by atoms with van der Waals surface area (Å²) in [4.78, 5) is 72.6. The zero-order chi connectivity index (χ0) is 69.0. The second-order valence-electron chi connectivity index (χ2n) is 24.1. The van der Waals surface area contributed by atoms with Crippen LogP contribution >= 0.6 is 15.6 Å². The molecule has 0 heterocycles. The smallest absolute Gasteiger partial charge is 0.462 e. The lowest BCUT2D eigenvalue weighted by Gasteiger charge is -2.21. The summed E-state index contributed by atoms with van der Waals surface area (Å²) in [6, 6.07) is 0. The number of carbonyl (C=O) groups excluding carboxylic acids is 4. The first-order chi connectivity index (χ1) is 45.7. The summed E-state index contributed by atoms with van der Waals surface area (Å²) >= 11 is 0. The van der Waals surface area contributed by atoms with Crippen LogP contribution in [-0.4, -0.2) is 96.7 Å². The standard InChI is InChI=1S/C75H130O17P2/c1-5-9-13-17-21-25-29-31-33-34-36-37-41-44-48-52-56-60-73(78)86-66-71(92-75(80)62-58-54-50-46-42-38-35-32-30-26-22-18-14-10-6-2)68-90-94(83,84)88-64-69(76)63-87-93(81,82)89-67-70(91-74(79)61-57-53-49-45-40-28-24-20-16-12-8-4)65-85-72(77)59-55-51-47-43-39-27-23-19-15-11-7-3/h9,13,19-21,23-25,31-33,35-37,44,48,69-71,76H,5-8,10-12,14-18,22,26-30,34,38-43,45-47,49-68H2,1-4H3,(H,81,82)(H,83,84)/b13-9-,23-19-,24-20-,25-21-,33-31-,35-32-,37-36-,48-44-. The van der Waals surface area contributed by atoms with Crippen LogP contribution in [0.1, 0.15) is 297 Å². The third kappa shape index (κ3) is 66.6. The fourth-order valence-electron chi connectivity index (χ4n) is 9.39. The number of carbonyl (C=O) groups is 4. The Labute approximate surface area is 569 Å². The summed E-state index contributed by atoms with van der Waals surface area (Å²) in [5, 5.41) is 10.6. The Morgan fingerprint density at radius 2 is 0.574 bits per heavy atom. The molecule has 0 saturated carbocycles. The molecule has 0 saturated heterocycles. The number of esters is 4. The van der Waals surface area contributed by atoms with Gasteiger partial charge in [-0.15, -0.1) is 0 Å². The maximum atomic E-state index is 13.0. The van der Waals surface area contributed by atoms with Gasteiger partial charge in [0.05, 0.1) is 26.4 Å². The van der Waals surface area contributed by atoms with Crippen LogP contribution in [0.2, 0.25) is 0 Å². The molecule has 5 atom stereocenters. The predicted molar refractivity (Wildman–Crippen MR) is 381 cm³/mol. The maximum Gasteiger partial charge on any atom is 0.472 e. The summed E-state index contributed by atoms with van der Waals surface area (Å²) in [6.45, 7) is 4.58. The molecule has 0 amide bonds. The van der Waals surface area contributed by atoms with Gasteiger partial charge in [-0.05, 0) is 128 Å². The molecule has 0 rings (SSSR count). The molecule has 0 aliphatic carbocycles. The van der Waals surface area contributed by atoms with Gasteiger partial charge in [0.2, 0.25) is 0 Å². The van der Waals surface area contributed by atoms with Crippen molar-refractivity contribution in [2.45, 2.75) is 316 Å². The van der Waals surface area contributed by atoms with E-state index in [1.807, 2.05) is 12.2 Å². The van der Waals surface area contributed by atoms with Crippen molar-refractivity contribution in [3.63, 3.8) is 0 Å². The molecule has 3 N–H and O–H groups in total. The van der Waals surface area contributed by atoms with Crippen LogP contribution in [0.5, 0.6) is 0 Å². The van der Waals surface area contributed by atoms with Crippen LogP contribution in [0, 0.1) is 0 Å². The molecule has 542 valence electrons. The second kappa shape index (κ2) is 67.5. The molecule has 0 bridgehead atoms. The Morgan fingerprint density at radius 3 is 0.936 bits per heavy atom. The summed E-state index contributed by atoms with van der Waals surface area (Å²) < 4.78 is 68.2. The maximum absolute atomic E-state index is 13.0. The summed E-state index contributed by atoms with van der Waals surface area (Å²) in [6.07, 6.45) is 68.6. The molecule has 0 aliphatic heterocycles. The number of hydrogen-bond donors (Lipinski definition) is 3. The number of unbranched alkanes of at least 4 members (excludes halogenated alkanes) is 26. The highest BCUT2D eigenvalue weighted by molar-refractivity contribution is 7.47. The Hall–Kier alpha value is -4.02. The molecular weight excluding hydrogens is 1230 g/mol. The number of phosphoric ester groups is 2. The molecule has 5 unspecified atom stereocenters. The van der Waals surface area contributed by atoms with Crippen LogP contribution in [0.3, 0.4) is 0 Å². The van der Waals surface area contributed by atoms with E-state index in [0.29, 0.717) is 32.1 Å². The minimum atomic E-state index is -4.98. The minimum absolute atomic E-state index is 0.0726. The molecule has 17 nitrogen and oxygen atoms in total. The SMILES string of the molecule is CC/C=C\C/C=C\C/C=C\C/C=C\C/C=C\CCCC(=O)OCC(COP(=O)(O)OCC(O)COP(=O)(O)OCC(COC(=O)CCCCCCC/C=C\CCCC)OC(=O)CCCCCCC/C=C\CCCC)OC(=O)CCCCCCC/C=C\CCCCCCCC. The van der Waals surface area contributed by atoms with Gasteiger partial charge in [-0.3, -0.25) is 37.3 Å². The van der Waals surface area contributed by atoms with Crippen molar-refractivity contribution in [3.05, 3.63) is 97.2 Å². The first kappa shape index (κ1) is 90.0. The number of rotatable bonds is 68. The Morgan fingerprint density at radius 1 is 0.309 bits per heavy atom. The molecule has 0 aromatic heterocycles. The topological polar surface area (TPSA) is 237 Å². The van der Waals surface area contributed by atoms with Crippen LogP contribution < -0.4 is 0 Å². The molecule has 0 fully saturated rings. The van der Waals surface area contributed by atoms with Gasteiger partial charge in [0.15, 0.2) is 12.2 Å². The van der Waals surface area contributed by atoms with E-state index in [2.05, 4.69) is 113 Å². The van der Waals surface area contributed by atoms with Gasteiger partial charge >= 0.3 is 39.5 Å². The van der Waals surface area contributed by atoms with Crippen molar-refractivity contribution in [1.82, 2.24) is 0 Å². The monoisotopic (exact) mass is 1360 g/mol. The summed E-state index contributed by atoms with van der Waals surface area (Å²) in [7, 11) is -9.96. The average molecular weight is 1370 g/mol. The fraction of sp³-hybridized carbons (Fsp3) is 0.733. The van der Waals surface area contributed by atoms with Crippen molar-refractivity contribution < 1.29 is 80.2 Å². The first-order valence-corrected chi connectivity index (χ1v) is 39.5. The van der Waals surface area contributed by atoms with Gasteiger partial charge in [-0.25, -0.2) is 9.13 Å². The summed E-state index contributed by atoms with van der Waals surface area (Å²) in [5.41, 5.74) is 0. The molecule has 94 heavy (non-hydrogen) atoms. The predicted octanol–water partition coefficient (Wildman–Crippen LogP) is 20.4. The Kier molecular flexibility index (Phi) is 64.7. The molecule has 0 aliphatic rings. The number of aliphatic hydroxyl groups excluding tert-OH is 1. The minimum Gasteiger partial charge on any atom is -0.462 e. The quantitative estimate of drug-likeness (QED) is 0.0169. The van der Waals surface area contributed by atoms with Crippen molar-refractivity contribution in [1.29, 1.82) is 0 Å². The van der Waals surface area contributed by atoms with Gasteiger partial charge < -0.3 is 33.8 Å². The normalized spacial score (nSPS) is 14.6. The molecule has 0 aromatic rings. The third-order valence-electron chi connectivity index (χ3n) is 15.0. The van der Waals surface area contributed by atoms with Crippen molar-refractivity contribution in [2.75, 3.05) is 39.6 Å². The first-order valence-electron chi connectivity index (χ1n) is 36.5. The van der Waals surface area contributed by atoms with E-state index in [9.17, 15) is 43.2 Å². The zero-order valence-corrected chi connectivity index (χ0v) is 60.7. The number of aliphatic hydroxyl groups is 1.